The second kappa shape index (κ2) is 5.47. The molecule has 0 spiro atoms. The molecule has 0 N–H and O–H groups in total. The average molecular weight is 358 g/mol. The van der Waals surface area contributed by atoms with Gasteiger partial charge in [-0.15, -0.1) is 22.7 Å². The second-order valence-corrected chi connectivity index (χ2v) is 8.72. The molecule has 3 nitrogen and oxygen atoms in total. The van der Waals surface area contributed by atoms with Crippen LogP contribution in [-0.2, 0) is 0 Å². The summed E-state index contributed by atoms with van der Waals surface area (Å²) in [5, 5.41) is 0. The van der Waals surface area contributed by atoms with Gasteiger partial charge in [0.15, 0.2) is 0 Å². The van der Waals surface area contributed by atoms with Crippen molar-refractivity contribution in [3.63, 3.8) is 0 Å². The van der Waals surface area contributed by atoms with Gasteiger partial charge in [0.2, 0.25) is 0 Å². The standard InChI is InChI=1S/C17H15N3S3/c1-8-5-13(21-10(8)3)12-7-18-16(17-15(12)19-23-20-17)14-6-9(2)11(4)22-14/h5-7H,1-4H3. The van der Waals surface area contributed by atoms with E-state index in [4.69, 9.17) is 4.98 Å². The molecule has 6 heteroatoms. The molecule has 0 atom stereocenters. The lowest BCUT2D eigenvalue weighted by atomic mass is 10.1. The lowest BCUT2D eigenvalue weighted by molar-refractivity contribution is 1.35. The molecule has 23 heavy (non-hydrogen) atoms. The summed E-state index contributed by atoms with van der Waals surface area (Å²) in [4.78, 5) is 9.79. The van der Waals surface area contributed by atoms with Crippen LogP contribution < -0.4 is 0 Å². The van der Waals surface area contributed by atoms with Crippen molar-refractivity contribution in [3.8, 4) is 21.0 Å². The molecular formula is C17H15N3S3. The first-order valence-electron chi connectivity index (χ1n) is 7.30. The fourth-order valence-corrected chi connectivity index (χ4v) is 5.17. The maximum atomic E-state index is 4.74. The lowest BCUT2D eigenvalue weighted by Crippen LogP contribution is -1.86. The number of nitrogens with zero attached hydrogens (tertiary/aromatic N) is 3. The summed E-state index contributed by atoms with van der Waals surface area (Å²) in [5.74, 6) is 0. The molecule has 4 heterocycles. The Morgan fingerprint density at radius 3 is 2.00 bits per heavy atom. The highest BCUT2D eigenvalue weighted by molar-refractivity contribution is 7.16. The van der Waals surface area contributed by atoms with Crippen LogP contribution >= 0.6 is 34.4 Å². The summed E-state index contributed by atoms with van der Waals surface area (Å²) in [7, 11) is 0. The monoisotopic (exact) mass is 357 g/mol. The molecule has 0 saturated carbocycles. The minimum Gasteiger partial charge on any atom is -0.252 e. The summed E-state index contributed by atoms with van der Waals surface area (Å²) < 4.78 is 9.08. The molecule has 0 fully saturated rings. The van der Waals surface area contributed by atoms with E-state index in [1.807, 2.05) is 6.20 Å². The zero-order valence-electron chi connectivity index (χ0n) is 13.3. The van der Waals surface area contributed by atoms with E-state index in [-0.39, 0.29) is 0 Å². The topological polar surface area (TPSA) is 38.7 Å². The quantitative estimate of drug-likeness (QED) is 0.456. The van der Waals surface area contributed by atoms with Crippen molar-refractivity contribution in [3.05, 3.63) is 39.2 Å². The van der Waals surface area contributed by atoms with Gasteiger partial charge in [-0.05, 0) is 51.0 Å². The maximum Gasteiger partial charge on any atom is 0.132 e. The third kappa shape index (κ3) is 2.41. The second-order valence-electron chi connectivity index (χ2n) is 5.68. The van der Waals surface area contributed by atoms with Gasteiger partial charge >= 0.3 is 0 Å². The summed E-state index contributed by atoms with van der Waals surface area (Å²) in [5.41, 5.74) is 6.53. The number of rotatable bonds is 2. The Morgan fingerprint density at radius 2 is 1.39 bits per heavy atom. The fourth-order valence-electron chi connectivity index (χ4n) is 2.53. The Hall–Kier alpha value is -1.63. The first-order valence-corrected chi connectivity index (χ1v) is 9.67. The Morgan fingerprint density at radius 1 is 0.783 bits per heavy atom. The number of aromatic nitrogens is 3. The largest absolute Gasteiger partial charge is 0.252 e. The molecule has 0 aromatic carbocycles. The predicted molar refractivity (Wildman–Crippen MR) is 101 cm³/mol. The van der Waals surface area contributed by atoms with Crippen LogP contribution in [0.4, 0.5) is 0 Å². The average Bonchev–Trinajstić information content (AvgIpc) is 3.20. The fraction of sp³-hybridized carbons (Fsp3) is 0.235. The van der Waals surface area contributed by atoms with E-state index < -0.39 is 0 Å². The Bertz CT molecular complexity index is 904. The normalized spacial score (nSPS) is 11.5. The smallest absolute Gasteiger partial charge is 0.132 e. The van der Waals surface area contributed by atoms with Crippen LogP contribution in [0.2, 0.25) is 0 Å². The van der Waals surface area contributed by atoms with Crippen LogP contribution in [0, 0.1) is 27.7 Å². The Kier molecular flexibility index (Phi) is 3.55. The van der Waals surface area contributed by atoms with E-state index in [1.54, 1.807) is 22.7 Å². The van der Waals surface area contributed by atoms with Gasteiger partial charge in [0.05, 0.1) is 16.6 Å². The number of hydrogen-bond donors (Lipinski definition) is 0. The van der Waals surface area contributed by atoms with Gasteiger partial charge in [0.1, 0.15) is 16.7 Å². The van der Waals surface area contributed by atoms with Gasteiger partial charge in [-0.1, -0.05) is 0 Å². The molecule has 0 bridgehead atoms. The van der Waals surface area contributed by atoms with Gasteiger partial charge in [-0.2, -0.15) is 8.75 Å². The van der Waals surface area contributed by atoms with Crippen molar-refractivity contribution in [1.29, 1.82) is 0 Å². The number of hydrogen-bond acceptors (Lipinski definition) is 6. The van der Waals surface area contributed by atoms with Crippen molar-refractivity contribution in [2.45, 2.75) is 27.7 Å². The Labute approximate surface area is 147 Å². The highest BCUT2D eigenvalue weighted by atomic mass is 32.1. The third-order valence-electron chi connectivity index (χ3n) is 4.12. The molecule has 0 aliphatic heterocycles. The van der Waals surface area contributed by atoms with Gasteiger partial charge in [0.25, 0.3) is 0 Å². The first kappa shape index (κ1) is 14.9. The molecule has 0 amide bonds. The maximum absolute atomic E-state index is 4.74. The zero-order valence-corrected chi connectivity index (χ0v) is 15.7. The lowest BCUT2D eigenvalue weighted by Gasteiger charge is -2.02. The predicted octanol–water partition coefficient (Wildman–Crippen LogP) is 5.78. The molecule has 0 radical (unpaired) electrons. The first-order chi connectivity index (χ1) is 11.0. The number of pyridine rings is 1. The van der Waals surface area contributed by atoms with Crippen LogP contribution in [-0.4, -0.2) is 13.7 Å². The van der Waals surface area contributed by atoms with Crippen molar-refractivity contribution in [2.24, 2.45) is 0 Å². The van der Waals surface area contributed by atoms with Crippen LogP contribution in [0.25, 0.3) is 32.0 Å². The van der Waals surface area contributed by atoms with Crippen LogP contribution in [0.15, 0.2) is 18.3 Å². The van der Waals surface area contributed by atoms with Crippen LogP contribution in [0.5, 0.6) is 0 Å². The molecule has 116 valence electrons. The molecule has 4 aromatic heterocycles. The van der Waals surface area contributed by atoms with E-state index in [1.165, 1.54) is 42.4 Å². The summed E-state index contributed by atoms with van der Waals surface area (Å²) in [6.45, 7) is 8.58. The SMILES string of the molecule is Cc1cc(-c2cnc(-c3cc(C)c(C)s3)c3nsnc23)sc1C. The van der Waals surface area contributed by atoms with Crippen molar-refractivity contribution < 1.29 is 0 Å². The molecule has 4 aromatic rings. The van der Waals surface area contributed by atoms with Gasteiger partial charge in [0, 0.05) is 26.4 Å². The van der Waals surface area contributed by atoms with E-state index in [2.05, 4.69) is 48.6 Å². The van der Waals surface area contributed by atoms with Crippen molar-refractivity contribution >= 4 is 45.4 Å². The molecule has 0 aliphatic carbocycles. The number of thiophene rings is 2. The summed E-state index contributed by atoms with van der Waals surface area (Å²) >= 11 is 4.83. The van der Waals surface area contributed by atoms with Gasteiger partial charge < -0.3 is 0 Å². The summed E-state index contributed by atoms with van der Waals surface area (Å²) in [6, 6.07) is 4.41. The molecule has 4 rings (SSSR count). The van der Waals surface area contributed by atoms with Crippen LogP contribution in [0.3, 0.4) is 0 Å². The van der Waals surface area contributed by atoms with E-state index in [0.717, 1.165) is 22.3 Å². The molecular weight excluding hydrogens is 342 g/mol. The van der Waals surface area contributed by atoms with Crippen LogP contribution in [0.1, 0.15) is 20.9 Å². The highest BCUT2D eigenvalue weighted by Crippen LogP contribution is 2.39. The van der Waals surface area contributed by atoms with E-state index in [0.29, 0.717) is 0 Å². The minimum absolute atomic E-state index is 0.914. The summed E-state index contributed by atoms with van der Waals surface area (Å²) in [6.07, 6.45) is 1.95. The Balaban J connectivity index is 1.94. The number of aryl methyl sites for hydroxylation is 4. The van der Waals surface area contributed by atoms with Crippen molar-refractivity contribution in [2.75, 3.05) is 0 Å². The molecule has 0 aliphatic rings. The number of fused-ring (bicyclic) bond motifs is 1. The molecule has 0 unspecified atom stereocenters. The van der Waals surface area contributed by atoms with E-state index in [9.17, 15) is 0 Å². The minimum atomic E-state index is 0.914. The van der Waals surface area contributed by atoms with Gasteiger partial charge in [-0.3, -0.25) is 4.98 Å². The van der Waals surface area contributed by atoms with E-state index >= 15 is 0 Å². The van der Waals surface area contributed by atoms with Gasteiger partial charge in [-0.25, -0.2) is 0 Å². The zero-order chi connectivity index (χ0) is 16.1. The molecule has 0 saturated heterocycles. The van der Waals surface area contributed by atoms with Crippen molar-refractivity contribution in [1.82, 2.24) is 13.7 Å². The highest BCUT2D eigenvalue weighted by Gasteiger charge is 2.17. The third-order valence-corrected chi connectivity index (χ3v) is 7.00.